The molecule has 30 heavy (non-hydrogen) atoms. The number of hydrogen-bond acceptors (Lipinski definition) is 7. The van der Waals surface area contributed by atoms with Gasteiger partial charge in [0.1, 0.15) is 12.2 Å². The topological polar surface area (TPSA) is 118 Å². The Bertz CT molecular complexity index is 951. The molecule has 7 atom stereocenters. The molecule has 4 rings (SSSR count). The number of hydrogen-bond donors (Lipinski definition) is 2. The summed E-state index contributed by atoms with van der Waals surface area (Å²) in [5.74, 6) is -0.652. The Kier molecular flexibility index (Phi) is 4.97. The number of fused-ring (bicyclic) bond motifs is 5. The van der Waals surface area contributed by atoms with Crippen LogP contribution in [0.4, 0.5) is 0 Å². The standard InChI is InChI=1S/C22H30O7S/c1-20-8-6-14(23)10-13(20)4-5-15-16-7-9-22(26,18(25)12-29-30(3,27)28)21(16,2)11-17(24)19(15)20/h6,8,10,15-17,19,24,26H,4-5,7,9,11-12H2,1-3H3. The normalized spacial score (nSPS) is 45.4. The van der Waals surface area contributed by atoms with Crippen LogP contribution in [0.5, 0.6) is 0 Å². The third-order valence-electron chi connectivity index (χ3n) is 8.51. The van der Waals surface area contributed by atoms with Gasteiger partial charge in [-0.2, -0.15) is 8.42 Å². The van der Waals surface area contributed by atoms with Gasteiger partial charge in [-0.1, -0.05) is 25.5 Å². The number of ketones is 2. The van der Waals surface area contributed by atoms with Gasteiger partial charge in [0.15, 0.2) is 11.6 Å². The fraction of sp³-hybridized carbons (Fsp3) is 0.727. The monoisotopic (exact) mass is 438 g/mol. The van der Waals surface area contributed by atoms with Crippen molar-refractivity contribution in [3.8, 4) is 0 Å². The van der Waals surface area contributed by atoms with E-state index >= 15 is 0 Å². The van der Waals surface area contributed by atoms with E-state index in [1.807, 2.05) is 13.0 Å². The molecule has 2 N–H and O–H groups in total. The van der Waals surface area contributed by atoms with Crippen LogP contribution in [0.15, 0.2) is 23.8 Å². The highest BCUT2D eigenvalue weighted by Crippen LogP contribution is 2.67. The molecule has 7 unspecified atom stereocenters. The first kappa shape index (κ1) is 21.9. The Morgan fingerprint density at radius 2 is 2.00 bits per heavy atom. The van der Waals surface area contributed by atoms with E-state index in [1.165, 1.54) is 0 Å². The van der Waals surface area contributed by atoms with E-state index in [1.54, 1.807) is 12.2 Å². The van der Waals surface area contributed by atoms with E-state index in [-0.39, 0.29) is 36.4 Å². The summed E-state index contributed by atoms with van der Waals surface area (Å²) >= 11 is 0. The van der Waals surface area contributed by atoms with Crippen LogP contribution in [-0.4, -0.2) is 54.8 Å². The molecule has 0 amide bonds. The molecule has 0 aromatic heterocycles. The minimum Gasteiger partial charge on any atom is -0.393 e. The second kappa shape index (κ2) is 6.82. The van der Waals surface area contributed by atoms with Crippen molar-refractivity contribution < 1.29 is 32.4 Å². The van der Waals surface area contributed by atoms with Gasteiger partial charge in [0, 0.05) is 16.7 Å². The molecule has 0 radical (unpaired) electrons. The van der Waals surface area contributed by atoms with E-state index < -0.39 is 45.0 Å². The number of carbonyl (C=O) groups is 2. The zero-order valence-corrected chi connectivity index (χ0v) is 18.4. The summed E-state index contributed by atoms with van der Waals surface area (Å²) in [6.07, 6.45) is 7.92. The van der Waals surface area contributed by atoms with Gasteiger partial charge in [-0.25, -0.2) is 0 Å². The Balaban J connectivity index is 1.66. The maximum atomic E-state index is 12.9. The number of carbonyl (C=O) groups excluding carboxylic acids is 2. The van der Waals surface area contributed by atoms with Crippen molar-refractivity contribution in [1.82, 2.24) is 0 Å². The average Bonchev–Trinajstić information content (AvgIpc) is 2.91. The van der Waals surface area contributed by atoms with E-state index in [4.69, 9.17) is 0 Å². The largest absolute Gasteiger partial charge is 0.393 e. The summed E-state index contributed by atoms with van der Waals surface area (Å²) in [4.78, 5) is 24.8. The molecule has 0 aromatic carbocycles. The maximum absolute atomic E-state index is 12.9. The Morgan fingerprint density at radius 3 is 2.67 bits per heavy atom. The van der Waals surface area contributed by atoms with Crippen LogP contribution >= 0.6 is 0 Å². The lowest BCUT2D eigenvalue weighted by Crippen LogP contribution is -2.61. The highest BCUT2D eigenvalue weighted by Gasteiger charge is 2.68. The molecule has 0 aromatic rings. The van der Waals surface area contributed by atoms with Crippen molar-refractivity contribution in [2.24, 2.45) is 28.6 Å². The Hall–Kier alpha value is -1.35. The van der Waals surface area contributed by atoms with Crippen molar-refractivity contribution in [2.45, 2.75) is 57.7 Å². The van der Waals surface area contributed by atoms with Crippen LogP contribution in [0.3, 0.4) is 0 Å². The van der Waals surface area contributed by atoms with Gasteiger partial charge in [0.25, 0.3) is 10.1 Å². The molecule has 4 aliphatic carbocycles. The quantitative estimate of drug-likeness (QED) is 0.639. The maximum Gasteiger partial charge on any atom is 0.264 e. The summed E-state index contributed by atoms with van der Waals surface area (Å²) in [7, 11) is -3.80. The van der Waals surface area contributed by atoms with Crippen LogP contribution < -0.4 is 0 Å². The molecule has 0 heterocycles. The SMILES string of the molecule is CC12C=CC(=O)C=C1CCC1C2C(O)CC2(C)C1CCC2(O)C(=O)COS(C)(=O)=O. The predicted molar refractivity (Wildman–Crippen MR) is 109 cm³/mol. The fourth-order valence-corrected chi connectivity index (χ4v) is 7.39. The highest BCUT2D eigenvalue weighted by molar-refractivity contribution is 7.86. The fourth-order valence-electron chi connectivity index (χ4n) is 7.07. The van der Waals surface area contributed by atoms with Gasteiger partial charge in [-0.15, -0.1) is 0 Å². The first-order valence-corrected chi connectivity index (χ1v) is 12.4. The average molecular weight is 439 g/mol. The molecular weight excluding hydrogens is 408 g/mol. The number of aliphatic hydroxyl groups is 2. The lowest BCUT2D eigenvalue weighted by atomic mass is 9.46. The molecule has 0 saturated heterocycles. The van der Waals surface area contributed by atoms with Gasteiger partial charge in [-0.05, 0) is 56.1 Å². The first-order chi connectivity index (χ1) is 13.8. The number of rotatable bonds is 4. The van der Waals surface area contributed by atoms with Gasteiger partial charge in [0.2, 0.25) is 0 Å². The molecular formula is C22H30O7S. The van der Waals surface area contributed by atoms with Gasteiger partial charge in [-0.3, -0.25) is 13.8 Å². The van der Waals surface area contributed by atoms with Crippen LogP contribution in [0.25, 0.3) is 0 Å². The Morgan fingerprint density at radius 1 is 1.30 bits per heavy atom. The summed E-state index contributed by atoms with van der Waals surface area (Å²) in [6.45, 7) is 3.21. The van der Waals surface area contributed by atoms with Crippen molar-refractivity contribution in [3.05, 3.63) is 23.8 Å². The van der Waals surface area contributed by atoms with Crippen LogP contribution in [0, 0.1) is 28.6 Å². The van der Waals surface area contributed by atoms with E-state index in [0.29, 0.717) is 6.42 Å². The first-order valence-electron chi connectivity index (χ1n) is 10.5. The van der Waals surface area contributed by atoms with Gasteiger partial charge >= 0.3 is 0 Å². The van der Waals surface area contributed by atoms with E-state index in [2.05, 4.69) is 11.1 Å². The number of Topliss-reactive ketones (excluding diaryl/α,β-unsaturated/α-hetero) is 1. The smallest absolute Gasteiger partial charge is 0.264 e. The van der Waals surface area contributed by atoms with Gasteiger partial charge < -0.3 is 10.2 Å². The summed E-state index contributed by atoms with van der Waals surface area (Å²) < 4.78 is 27.3. The van der Waals surface area contributed by atoms with Crippen LogP contribution in [-0.2, 0) is 23.9 Å². The summed E-state index contributed by atoms with van der Waals surface area (Å²) in [5, 5.41) is 22.7. The second-order valence-electron chi connectivity index (χ2n) is 10.0. The van der Waals surface area contributed by atoms with Crippen molar-refractivity contribution in [3.63, 3.8) is 0 Å². The molecule has 0 bridgehead atoms. The van der Waals surface area contributed by atoms with E-state index in [0.717, 1.165) is 24.7 Å². The number of aliphatic hydroxyl groups excluding tert-OH is 1. The molecule has 0 spiro atoms. The van der Waals surface area contributed by atoms with E-state index in [9.17, 15) is 28.2 Å². The number of allylic oxidation sites excluding steroid dienone is 4. The lowest BCUT2D eigenvalue weighted by Gasteiger charge is -2.59. The Labute approximate surface area is 177 Å². The minimum absolute atomic E-state index is 0.0162. The molecule has 3 fully saturated rings. The van der Waals surface area contributed by atoms with Gasteiger partial charge in [0.05, 0.1) is 12.4 Å². The molecule has 0 aliphatic heterocycles. The zero-order valence-electron chi connectivity index (χ0n) is 17.6. The van der Waals surface area contributed by atoms with Crippen LogP contribution in [0.2, 0.25) is 0 Å². The summed E-state index contributed by atoms with van der Waals surface area (Å²) in [5.41, 5.74) is -1.97. The molecule has 3 saturated carbocycles. The van der Waals surface area contributed by atoms with Crippen molar-refractivity contribution in [2.75, 3.05) is 12.9 Å². The van der Waals surface area contributed by atoms with Crippen LogP contribution in [0.1, 0.15) is 46.0 Å². The third-order valence-corrected chi connectivity index (χ3v) is 9.06. The molecule has 166 valence electrons. The predicted octanol–water partition coefficient (Wildman–Crippen LogP) is 1.54. The van der Waals surface area contributed by atoms with Crippen molar-refractivity contribution >= 4 is 21.7 Å². The molecule has 7 nitrogen and oxygen atoms in total. The molecule has 8 heteroatoms. The highest BCUT2D eigenvalue weighted by atomic mass is 32.2. The third kappa shape index (κ3) is 3.06. The minimum atomic E-state index is -3.80. The molecule has 4 aliphatic rings. The zero-order chi connectivity index (χ0) is 22.1. The van der Waals surface area contributed by atoms with Crippen molar-refractivity contribution in [1.29, 1.82) is 0 Å². The lowest BCUT2D eigenvalue weighted by molar-refractivity contribution is -0.177. The summed E-state index contributed by atoms with van der Waals surface area (Å²) in [6, 6.07) is 0. The second-order valence-corrected chi connectivity index (χ2v) is 11.6.